The second-order valence-corrected chi connectivity index (χ2v) is 6.52. The van der Waals surface area contributed by atoms with Gasteiger partial charge in [0.2, 0.25) is 0 Å². The molecule has 4 heteroatoms. The lowest BCUT2D eigenvalue weighted by Gasteiger charge is -2.19. The van der Waals surface area contributed by atoms with E-state index >= 15 is 0 Å². The van der Waals surface area contributed by atoms with E-state index in [1.165, 1.54) is 5.56 Å². The fraction of sp³-hybridized carbons (Fsp3) is 0.294. The Bertz CT molecular complexity index is 557. The van der Waals surface area contributed by atoms with Crippen molar-refractivity contribution in [3.05, 3.63) is 68.6 Å². The van der Waals surface area contributed by atoms with Gasteiger partial charge < -0.3 is 10.1 Å². The van der Waals surface area contributed by atoms with Crippen LogP contribution in [-0.2, 0) is 11.3 Å². The molecule has 0 saturated heterocycles. The van der Waals surface area contributed by atoms with E-state index < -0.39 is 0 Å². The largest absolute Gasteiger partial charge is 0.367 e. The molecule has 0 aliphatic heterocycles. The van der Waals surface area contributed by atoms with Crippen LogP contribution >= 0.6 is 31.9 Å². The molecule has 0 fully saturated rings. The zero-order valence-electron chi connectivity index (χ0n) is 12.0. The molecule has 0 bridgehead atoms. The van der Waals surface area contributed by atoms with Crippen LogP contribution in [0.5, 0.6) is 0 Å². The van der Waals surface area contributed by atoms with Crippen molar-refractivity contribution in [2.24, 2.45) is 0 Å². The number of hydrogen-bond acceptors (Lipinski definition) is 2. The molecule has 112 valence electrons. The average Bonchev–Trinajstić information content (AvgIpc) is 2.50. The summed E-state index contributed by atoms with van der Waals surface area (Å²) in [7, 11) is 0. The Morgan fingerprint density at radius 3 is 2.43 bits per heavy atom. The second-order valence-electron chi connectivity index (χ2n) is 4.75. The first-order valence-corrected chi connectivity index (χ1v) is 8.60. The SMILES string of the molecule is CCNCC(OCc1ccccc1Br)c1ccc(Br)cc1. The third-order valence-corrected chi connectivity index (χ3v) is 4.52. The molecule has 0 aliphatic carbocycles. The predicted octanol–water partition coefficient (Wildman–Crippen LogP) is 5.08. The molecule has 2 aromatic rings. The van der Waals surface area contributed by atoms with Gasteiger partial charge in [0.15, 0.2) is 0 Å². The van der Waals surface area contributed by atoms with Crippen LogP contribution in [0, 0.1) is 0 Å². The molecule has 0 aromatic heterocycles. The maximum Gasteiger partial charge on any atom is 0.0953 e. The number of likely N-dealkylation sites (N-methyl/N-ethyl adjacent to an activating group) is 1. The van der Waals surface area contributed by atoms with Crippen molar-refractivity contribution < 1.29 is 4.74 Å². The highest BCUT2D eigenvalue weighted by molar-refractivity contribution is 9.10. The van der Waals surface area contributed by atoms with E-state index in [1.807, 2.05) is 18.2 Å². The number of rotatable bonds is 7. The van der Waals surface area contributed by atoms with Gasteiger partial charge in [-0.05, 0) is 35.9 Å². The van der Waals surface area contributed by atoms with E-state index in [0.717, 1.165) is 27.6 Å². The Kier molecular flexibility index (Phi) is 6.90. The minimum atomic E-state index is 0.0464. The zero-order valence-corrected chi connectivity index (χ0v) is 15.2. The molecule has 1 N–H and O–H groups in total. The third kappa shape index (κ3) is 5.22. The summed E-state index contributed by atoms with van der Waals surface area (Å²) in [5.74, 6) is 0. The van der Waals surface area contributed by atoms with Gasteiger partial charge in [-0.25, -0.2) is 0 Å². The van der Waals surface area contributed by atoms with Crippen LogP contribution < -0.4 is 5.32 Å². The van der Waals surface area contributed by atoms with Crippen LogP contribution in [0.1, 0.15) is 24.2 Å². The van der Waals surface area contributed by atoms with Crippen molar-refractivity contribution in [1.29, 1.82) is 0 Å². The van der Waals surface area contributed by atoms with Crippen molar-refractivity contribution in [1.82, 2.24) is 5.32 Å². The number of benzene rings is 2. The maximum absolute atomic E-state index is 6.13. The predicted molar refractivity (Wildman–Crippen MR) is 94.4 cm³/mol. The molecule has 2 nitrogen and oxygen atoms in total. The van der Waals surface area contributed by atoms with Crippen molar-refractivity contribution >= 4 is 31.9 Å². The lowest BCUT2D eigenvalue weighted by atomic mass is 10.1. The minimum absolute atomic E-state index is 0.0464. The van der Waals surface area contributed by atoms with Crippen molar-refractivity contribution in [2.75, 3.05) is 13.1 Å². The van der Waals surface area contributed by atoms with E-state index in [4.69, 9.17) is 4.74 Å². The Morgan fingerprint density at radius 1 is 1.05 bits per heavy atom. The summed E-state index contributed by atoms with van der Waals surface area (Å²) in [5.41, 5.74) is 2.35. The molecule has 21 heavy (non-hydrogen) atoms. The summed E-state index contributed by atoms with van der Waals surface area (Å²) in [5, 5.41) is 3.36. The molecule has 0 radical (unpaired) electrons. The van der Waals surface area contributed by atoms with Crippen LogP contribution in [-0.4, -0.2) is 13.1 Å². The van der Waals surface area contributed by atoms with Gasteiger partial charge in [-0.3, -0.25) is 0 Å². The number of hydrogen-bond donors (Lipinski definition) is 1. The summed E-state index contributed by atoms with van der Waals surface area (Å²) >= 11 is 7.03. The highest BCUT2D eigenvalue weighted by atomic mass is 79.9. The monoisotopic (exact) mass is 411 g/mol. The van der Waals surface area contributed by atoms with Crippen LogP contribution in [0.2, 0.25) is 0 Å². The minimum Gasteiger partial charge on any atom is -0.367 e. The van der Waals surface area contributed by atoms with E-state index in [1.54, 1.807) is 0 Å². The molecule has 2 aromatic carbocycles. The molecule has 0 aliphatic rings. The Labute approximate surface area is 143 Å². The van der Waals surface area contributed by atoms with Gasteiger partial charge in [0.1, 0.15) is 0 Å². The lowest BCUT2D eigenvalue weighted by molar-refractivity contribution is 0.0398. The number of nitrogens with one attached hydrogen (secondary N) is 1. The van der Waals surface area contributed by atoms with Gasteiger partial charge in [0, 0.05) is 15.5 Å². The van der Waals surface area contributed by atoms with Gasteiger partial charge in [0.25, 0.3) is 0 Å². The third-order valence-electron chi connectivity index (χ3n) is 3.22. The molecule has 0 spiro atoms. The molecule has 0 saturated carbocycles. The van der Waals surface area contributed by atoms with Crippen LogP contribution in [0.25, 0.3) is 0 Å². The van der Waals surface area contributed by atoms with Gasteiger partial charge in [-0.1, -0.05) is 69.1 Å². The number of ether oxygens (including phenoxy) is 1. The molecular formula is C17H19Br2NO. The molecule has 1 unspecified atom stereocenters. The highest BCUT2D eigenvalue weighted by Gasteiger charge is 2.12. The highest BCUT2D eigenvalue weighted by Crippen LogP contribution is 2.23. The first-order valence-electron chi connectivity index (χ1n) is 7.02. The van der Waals surface area contributed by atoms with E-state index in [2.05, 4.69) is 74.4 Å². The Hall–Kier alpha value is -0.680. The summed E-state index contributed by atoms with van der Waals surface area (Å²) in [6.45, 7) is 4.44. The van der Waals surface area contributed by atoms with E-state index in [9.17, 15) is 0 Å². The summed E-state index contributed by atoms with van der Waals surface area (Å²) in [6.07, 6.45) is 0.0464. The van der Waals surface area contributed by atoms with Gasteiger partial charge in [0.05, 0.1) is 12.7 Å². The van der Waals surface area contributed by atoms with Gasteiger partial charge in [-0.15, -0.1) is 0 Å². The van der Waals surface area contributed by atoms with E-state index in [0.29, 0.717) is 6.61 Å². The first-order chi connectivity index (χ1) is 10.2. The Balaban J connectivity index is 2.06. The van der Waals surface area contributed by atoms with E-state index in [-0.39, 0.29) is 6.10 Å². The van der Waals surface area contributed by atoms with Crippen molar-refractivity contribution in [2.45, 2.75) is 19.6 Å². The molecular weight excluding hydrogens is 394 g/mol. The lowest BCUT2D eigenvalue weighted by Crippen LogP contribution is -2.23. The molecule has 1 atom stereocenters. The Morgan fingerprint density at radius 2 is 1.76 bits per heavy atom. The normalized spacial score (nSPS) is 12.3. The van der Waals surface area contributed by atoms with Crippen LogP contribution in [0.3, 0.4) is 0 Å². The van der Waals surface area contributed by atoms with Gasteiger partial charge >= 0.3 is 0 Å². The van der Waals surface area contributed by atoms with Crippen LogP contribution in [0.15, 0.2) is 57.5 Å². The molecule has 0 heterocycles. The standard InChI is InChI=1S/C17H19Br2NO/c1-2-20-11-17(13-7-9-15(18)10-8-13)21-12-14-5-3-4-6-16(14)19/h3-10,17,20H,2,11-12H2,1H3. The van der Waals surface area contributed by atoms with Crippen LogP contribution in [0.4, 0.5) is 0 Å². The summed E-state index contributed by atoms with van der Waals surface area (Å²) in [4.78, 5) is 0. The molecule has 2 rings (SSSR count). The summed E-state index contributed by atoms with van der Waals surface area (Å²) < 4.78 is 8.30. The fourth-order valence-corrected chi connectivity index (χ4v) is 2.70. The number of halogens is 2. The molecule has 0 amide bonds. The fourth-order valence-electron chi connectivity index (χ4n) is 2.03. The summed E-state index contributed by atoms with van der Waals surface area (Å²) in [6, 6.07) is 16.5. The first kappa shape index (κ1) is 16.7. The van der Waals surface area contributed by atoms with Gasteiger partial charge in [-0.2, -0.15) is 0 Å². The topological polar surface area (TPSA) is 21.3 Å². The second kappa shape index (κ2) is 8.69. The smallest absolute Gasteiger partial charge is 0.0953 e. The maximum atomic E-state index is 6.13. The van der Waals surface area contributed by atoms with Crippen molar-refractivity contribution in [3.63, 3.8) is 0 Å². The quantitative estimate of drug-likeness (QED) is 0.684. The average molecular weight is 413 g/mol. The zero-order chi connectivity index (χ0) is 15.1. The van der Waals surface area contributed by atoms with Crippen molar-refractivity contribution in [3.8, 4) is 0 Å².